The van der Waals surface area contributed by atoms with Crippen molar-refractivity contribution in [2.24, 2.45) is 0 Å². The van der Waals surface area contributed by atoms with Crippen LogP contribution in [0.1, 0.15) is 6.42 Å². The Morgan fingerprint density at radius 3 is 2.95 bits per heavy atom. The van der Waals surface area contributed by atoms with Gasteiger partial charge in [0, 0.05) is 26.0 Å². The fourth-order valence-electron chi connectivity index (χ4n) is 1.77. The molecule has 7 nitrogen and oxygen atoms in total. The molecule has 1 fully saturated rings. The van der Waals surface area contributed by atoms with Crippen molar-refractivity contribution in [2.75, 3.05) is 38.3 Å². The van der Waals surface area contributed by atoms with Gasteiger partial charge in [-0.3, -0.25) is 14.4 Å². The van der Waals surface area contributed by atoms with E-state index in [9.17, 15) is 14.4 Å². The van der Waals surface area contributed by atoms with Crippen LogP contribution in [0.4, 0.5) is 0 Å². The molecular formula is C11H18N2O5S. The van der Waals surface area contributed by atoms with E-state index < -0.39 is 17.9 Å². The fraction of sp³-hybridized carbons (Fsp3) is 0.727. The Kier molecular flexibility index (Phi) is 6.65. The average molecular weight is 290 g/mol. The summed E-state index contributed by atoms with van der Waals surface area (Å²) < 4.78 is 4.87. The van der Waals surface area contributed by atoms with Gasteiger partial charge in [-0.15, -0.1) is 11.8 Å². The first-order valence-corrected chi connectivity index (χ1v) is 7.07. The van der Waals surface area contributed by atoms with E-state index in [0.717, 1.165) is 0 Å². The number of amides is 2. The first-order chi connectivity index (χ1) is 9.06. The second-order valence-electron chi connectivity index (χ2n) is 4.04. The summed E-state index contributed by atoms with van der Waals surface area (Å²) in [5.74, 6) is -0.781. The van der Waals surface area contributed by atoms with Crippen molar-refractivity contribution in [1.29, 1.82) is 0 Å². The van der Waals surface area contributed by atoms with Gasteiger partial charge in [-0.25, -0.2) is 0 Å². The van der Waals surface area contributed by atoms with E-state index in [1.54, 1.807) is 7.11 Å². The van der Waals surface area contributed by atoms with Gasteiger partial charge in [0.05, 0.1) is 18.8 Å². The van der Waals surface area contributed by atoms with Crippen molar-refractivity contribution >= 4 is 29.5 Å². The van der Waals surface area contributed by atoms with E-state index in [1.807, 2.05) is 0 Å². The SMILES string of the molecule is COCCSCC(=O)N1CCNC(=O)C1CC(=O)O. The molecule has 1 unspecified atom stereocenters. The number of aliphatic carboxylic acids is 1. The highest BCUT2D eigenvalue weighted by molar-refractivity contribution is 7.99. The summed E-state index contributed by atoms with van der Waals surface area (Å²) in [6.07, 6.45) is -0.361. The lowest BCUT2D eigenvalue weighted by Crippen LogP contribution is -2.58. The standard InChI is InChI=1S/C11H18N2O5S/c1-18-4-5-19-7-9(14)13-3-2-12-11(17)8(13)6-10(15)16/h8H,2-7H2,1H3,(H,12,17)(H,15,16). The number of ether oxygens (including phenoxy) is 1. The summed E-state index contributed by atoms with van der Waals surface area (Å²) in [6, 6.07) is -0.901. The number of thioether (sulfide) groups is 1. The number of rotatable bonds is 7. The first-order valence-electron chi connectivity index (χ1n) is 5.92. The number of nitrogens with zero attached hydrogens (tertiary/aromatic N) is 1. The van der Waals surface area contributed by atoms with Gasteiger partial charge in [-0.2, -0.15) is 0 Å². The quantitative estimate of drug-likeness (QED) is 0.594. The zero-order valence-electron chi connectivity index (χ0n) is 10.8. The molecule has 1 aliphatic rings. The number of hydrogen-bond acceptors (Lipinski definition) is 5. The number of piperazine rings is 1. The maximum atomic E-state index is 12.0. The van der Waals surface area contributed by atoms with Crippen molar-refractivity contribution in [3.63, 3.8) is 0 Å². The molecule has 0 saturated carbocycles. The Morgan fingerprint density at radius 1 is 1.58 bits per heavy atom. The number of hydrogen-bond donors (Lipinski definition) is 2. The largest absolute Gasteiger partial charge is 0.481 e. The van der Waals surface area contributed by atoms with E-state index >= 15 is 0 Å². The van der Waals surface area contributed by atoms with Crippen LogP contribution in [0.2, 0.25) is 0 Å². The first kappa shape index (κ1) is 15.8. The summed E-state index contributed by atoms with van der Waals surface area (Å²) in [6.45, 7) is 1.27. The number of carbonyl (C=O) groups is 3. The van der Waals surface area contributed by atoms with Gasteiger partial charge in [-0.1, -0.05) is 0 Å². The molecule has 0 aliphatic carbocycles. The number of carboxylic acids is 1. The molecule has 0 spiro atoms. The number of carboxylic acid groups (broad SMARTS) is 1. The molecule has 1 rings (SSSR count). The molecule has 1 atom stereocenters. The maximum Gasteiger partial charge on any atom is 0.305 e. The molecular weight excluding hydrogens is 272 g/mol. The average Bonchev–Trinajstić information content (AvgIpc) is 2.36. The fourth-order valence-corrected chi connectivity index (χ4v) is 2.54. The Hall–Kier alpha value is -1.28. The summed E-state index contributed by atoms with van der Waals surface area (Å²) >= 11 is 1.41. The van der Waals surface area contributed by atoms with Crippen LogP contribution in [-0.2, 0) is 19.1 Å². The normalized spacial score (nSPS) is 19.1. The lowest BCUT2D eigenvalue weighted by molar-refractivity contribution is -0.147. The molecule has 19 heavy (non-hydrogen) atoms. The molecule has 0 bridgehead atoms. The molecule has 0 aromatic heterocycles. The number of carbonyl (C=O) groups excluding carboxylic acids is 2. The molecule has 2 amide bonds. The van der Waals surface area contributed by atoms with Crippen molar-refractivity contribution in [3.05, 3.63) is 0 Å². The third kappa shape index (κ3) is 5.07. The van der Waals surface area contributed by atoms with Gasteiger partial charge >= 0.3 is 5.97 Å². The van der Waals surface area contributed by atoms with Crippen molar-refractivity contribution in [2.45, 2.75) is 12.5 Å². The highest BCUT2D eigenvalue weighted by atomic mass is 32.2. The highest BCUT2D eigenvalue weighted by Crippen LogP contribution is 2.12. The van der Waals surface area contributed by atoms with Gasteiger partial charge in [0.25, 0.3) is 0 Å². The number of nitrogens with one attached hydrogen (secondary N) is 1. The van der Waals surface area contributed by atoms with E-state index in [1.165, 1.54) is 16.7 Å². The smallest absolute Gasteiger partial charge is 0.305 e. The summed E-state index contributed by atoms with van der Waals surface area (Å²) in [5.41, 5.74) is 0. The second kappa shape index (κ2) is 8.00. The molecule has 108 valence electrons. The molecule has 1 heterocycles. The van der Waals surface area contributed by atoms with Gasteiger partial charge in [-0.05, 0) is 0 Å². The third-order valence-corrected chi connectivity index (χ3v) is 3.58. The van der Waals surface area contributed by atoms with Gasteiger partial charge in [0.2, 0.25) is 11.8 Å². The Balaban J connectivity index is 2.53. The molecule has 0 aromatic carbocycles. The molecule has 8 heteroatoms. The lowest BCUT2D eigenvalue weighted by Gasteiger charge is -2.34. The maximum absolute atomic E-state index is 12.0. The number of methoxy groups -OCH3 is 1. The summed E-state index contributed by atoms with van der Waals surface area (Å²) in [5, 5.41) is 11.4. The van der Waals surface area contributed by atoms with Gasteiger partial charge < -0.3 is 20.1 Å². The van der Waals surface area contributed by atoms with Crippen LogP contribution in [0.25, 0.3) is 0 Å². The van der Waals surface area contributed by atoms with Crippen molar-refractivity contribution < 1.29 is 24.2 Å². The summed E-state index contributed by atoms with van der Waals surface area (Å²) in [7, 11) is 1.58. The minimum atomic E-state index is -1.09. The lowest BCUT2D eigenvalue weighted by atomic mass is 10.1. The molecule has 1 saturated heterocycles. The monoisotopic (exact) mass is 290 g/mol. The van der Waals surface area contributed by atoms with Gasteiger partial charge in [0.1, 0.15) is 6.04 Å². The van der Waals surface area contributed by atoms with Crippen LogP contribution in [-0.4, -0.2) is 72.1 Å². The Labute approximate surface area is 115 Å². The highest BCUT2D eigenvalue weighted by Gasteiger charge is 2.34. The van der Waals surface area contributed by atoms with Crippen LogP contribution in [0.3, 0.4) is 0 Å². The minimum absolute atomic E-state index is 0.206. The van der Waals surface area contributed by atoms with E-state index in [-0.39, 0.29) is 18.1 Å². The van der Waals surface area contributed by atoms with Crippen molar-refractivity contribution in [1.82, 2.24) is 10.2 Å². The third-order valence-electron chi connectivity index (χ3n) is 2.68. The van der Waals surface area contributed by atoms with Gasteiger partial charge in [0.15, 0.2) is 0 Å². The predicted octanol–water partition coefficient (Wildman–Crippen LogP) is -0.832. The van der Waals surface area contributed by atoms with Crippen LogP contribution in [0.15, 0.2) is 0 Å². The van der Waals surface area contributed by atoms with Crippen LogP contribution < -0.4 is 5.32 Å². The Morgan fingerprint density at radius 2 is 2.32 bits per heavy atom. The zero-order valence-corrected chi connectivity index (χ0v) is 11.6. The van der Waals surface area contributed by atoms with Crippen LogP contribution >= 0.6 is 11.8 Å². The van der Waals surface area contributed by atoms with E-state index in [0.29, 0.717) is 25.4 Å². The minimum Gasteiger partial charge on any atom is -0.481 e. The van der Waals surface area contributed by atoms with Crippen LogP contribution in [0, 0.1) is 0 Å². The molecule has 1 aliphatic heterocycles. The molecule has 2 N–H and O–H groups in total. The van der Waals surface area contributed by atoms with Crippen LogP contribution in [0.5, 0.6) is 0 Å². The molecule has 0 aromatic rings. The Bertz CT molecular complexity index is 350. The summed E-state index contributed by atoms with van der Waals surface area (Å²) in [4.78, 5) is 35.7. The van der Waals surface area contributed by atoms with E-state index in [2.05, 4.69) is 5.32 Å². The zero-order chi connectivity index (χ0) is 14.3. The predicted molar refractivity (Wildman–Crippen MR) is 70.0 cm³/mol. The second-order valence-corrected chi connectivity index (χ2v) is 5.14. The van der Waals surface area contributed by atoms with Crippen molar-refractivity contribution in [3.8, 4) is 0 Å². The molecule has 0 radical (unpaired) electrons. The van der Waals surface area contributed by atoms with E-state index in [4.69, 9.17) is 9.84 Å². The topological polar surface area (TPSA) is 95.9 Å².